The van der Waals surface area contributed by atoms with E-state index in [0.29, 0.717) is 22.3 Å². The van der Waals surface area contributed by atoms with Gasteiger partial charge >= 0.3 is 0 Å². The highest BCUT2D eigenvalue weighted by Crippen LogP contribution is 2.52. The standard InChI is InChI=1S/C26H34O8/c1-7(2)11-9(5)13(19(27)17-15(11)21(29)25(33)23(17)31)14-10(6)12(8(3)4)16-18(20(14)28)24(32)26(34)22(16)30/h7-8,11-12,19-22,25-30,33-34H,1-6H3/t11-,12-,19-,20+,21-,22+,25-,26+/m0/s1. The fraction of sp³-hybridized carbons (Fsp3) is 0.615. The third kappa shape index (κ3) is 3.13. The van der Waals surface area contributed by atoms with Gasteiger partial charge < -0.3 is 30.6 Å². The van der Waals surface area contributed by atoms with Crippen LogP contribution < -0.4 is 0 Å². The van der Waals surface area contributed by atoms with Gasteiger partial charge in [0.15, 0.2) is 11.6 Å². The molecule has 0 unspecified atom stereocenters. The molecule has 4 aliphatic carbocycles. The van der Waals surface area contributed by atoms with E-state index >= 15 is 0 Å². The van der Waals surface area contributed by atoms with Crippen molar-refractivity contribution < 1.29 is 40.2 Å². The summed E-state index contributed by atoms with van der Waals surface area (Å²) in [7, 11) is 0. The number of hydrogen-bond donors (Lipinski definition) is 6. The van der Waals surface area contributed by atoms with Gasteiger partial charge in [-0.15, -0.1) is 0 Å². The maximum Gasteiger partial charge on any atom is 0.193 e. The van der Waals surface area contributed by atoms with Gasteiger partial charge in [0.05, 0.1) is 0 Å². The first kappa shape index (κ1) is 25.2. The van der Waals surface area contributed by atoms with Gasteiger partial charge in [-0.1, -0.05) is 38.8 Å². The maximum absolute atomic E-state index is 12.9. The fourth-order valence-corrected chi connectivity index (χ4v) is 6.80. The van der Waals surface area contributed by atoms with E-state index in [2.05, 4.69) is 0 Å². The summed E-state index contributed by atoms with van der Waals surface area (Å²) < 4.78 is 0. The van der Waals surface area contributed by atoms with Crippen LogP contribution in [0.1, 0.15) is 41.5 Å². The van der Waals surface area contributed by atoms with Crippen molar-refractivity contribution in [3.63, 3.8) is 0 Å². The molecule has 186 valence electrons. The summed E-state index contributed by atoms with van der Waals surface area (Å²) in [5.41, 5.74) is 2.31. The fourth-order valence-electron chi connectivity index (χ4n) is 6.80. The molecule has 8 heteroatoms. The highest BCUT2D eigenvalue weighted by Gasteiger charge is 2.54. The van der Waals surface area contributed by atoms with Crippen LogP contribution in [0.15, 0.2) is 44.6 Å². The molecule has 8 atom stereocenters. The first-order valence-electron chi connectivity index (χ1n) is 11.8. The molecule has 4 aliphatic rings. The van der Waals surface area contributed by atoms with Crippen LogP contribution in [0.5, 0.6) is 0 Å². The second-order valence-corrected chi connectivity index (χ2v) is 10.7. The average Bonchev–Trinajstić information content (AvgIpc) is 3.10. The van der Waals surface area contributed by atoms with Gasteiger partial charge in [-0.2, -0.15) is 0 Å². The van der Waals surface area contributed by atoms with Gasteiger partial charge in [0.2, 0.25) is 0 Å². The number of carbonyl (C=O) groups excluding carboxylic acids is 2. The van der Waals surface area contributed by atoms with Crippen LogP contribution in [0.25, 0.3) is 0 Å². The number of carbonyl (C=O) groups is 2. The van der Waals surface area contributed by atoms with Crippen molar-refractivity contribution in [1.82, 2.24) is 0 Å². The highest BCUT2D eigenvalue weighted by atomic mass is 16.3. The number of allylic oxidation sites excluding steroid dienone is 2. The molecule has 0 amide bonds. The van der Waals surface area contributed by atoms with Crippen LogP contribution in [0.2, 0.25) is 0 Å². The molecule has 4 rings (SSSR count). The lowest BCUT2D eigenvalue weighted by Crippen LogP contribution is -2.38. The molecule has 0 aromatic heterocycles. The van der Waals surface area contributed by atoms with Crippen molar-refractivity contribution >= 4 is 11.6 Å². The van der Waals surface area contributed by atoms with Gasteiger partial charge in [-0.3, -0.25) is 9.59 Å². The lowest BCUT2D eigenvalue weighted by atomic mass is 9.65. The molecule has 0 bridgehead atoms. The number of ketones is 2. The van der Waals surface area contributed by atoms with Gasteiger partial charge in [-0.05, 0) is 48.0 Å². The van der Waals surface area contributed by atoms with Crippen LogP contribution in [0.4, 0.5) is 0 Å². The Balaban J connectivity index is 1.96. The van der Waals surface area contributed by atoms with E-state index in [4.69, 9.17) is 0 Å². The Morgan fingerprint density at radius 3 is 1.09 bits per heavy atom. The molecule has 0 radical (unpaired) electrons. The number of Topliss-reactive ketones (excluding diaryl/α,β-unsaturated/α-hetero) is 2. The minimum atomic E-state index is -1.67. The Morgan fingerprint density at radius 1 is 0.529 bits per heavy atom. The van der Waals surface area contributed by atoms with Crippen molar-refractivity contribution in [2.45, 2.75) is 78.2 Å². The Hall–Kier alpha value is -1.94. The maximum atomic E-state index is 12.9. The molecule has 0 fully saturated rings. The summed E-state index contributed by atoms with van der Waals surface area (Å²) in [5, 5.41) is 64.7. The zero-order valence-corrected chi connectivity index (χ0v) is 20.3. The topological polar surface area (TPSA) is 156 Å². The zero-order valence-electron chi connectivity index (χ0n) is 20.3. The normalized spacial score (nSPS) is 38.8. The van der Waals surface area contributed by atoms with E-state index in [0.717, 1.165) is 0 Å². The van der Waals surface area contributed by atoms with Crippen LogP contribution in [0, 0.1) is 23.7 Å². The van der Waals surface area contributed by atoms with E-state index in [1.54, 1.807) is 13.8 Å². The Bertz CT molecular complexity index is 1000. The molecule has 0 spiro atoms. The molecule has 0 aliphatic heterocycles. The van der Waals surface area contributed by atoms with Crippen molar-refractivity contribution in [3.05, 3.63) is 44.6 Å². The molecular formula is C26H34O8. The van der Waals surface area contributed by atoms with Crippen molar-refractivity contribution in [2.24, 2.45) is 23.7 Å². The molecule has 6 N–H and O–H groups in total. The van der Waals surface area contributed by atoms with Crippen LogP contribution in [-0.4, -0.2) is 78.8 Å². The SMILES string of the molecule is CC1=C(C2=C(C)[C@H](C(C)C)C3=C(C(=O)[C@@H](O)[C@H]3O)[C@H]2O)[C@@H](O)C2=C([C@H]1C(C)C)[C@@H](O)[C@@H](O)C2=O. The average molecular weight is 475 g/mol. The summed E-state index contributed by atoms with van der Waals surface area (Å²) in [6, 6.07) is 0. The van der Waals surface area contributed by atoms with Crippen LogP contribution in [-0.2, 0) is 9.59 Å². The summed E-state index contributed by atoms with van der Waals surface area (Å²) in [4.78, 5) is 25.7. The molecule has 8 nitrogen and oxygen atoms in total. The highest BCUT2D eigenvalue weighted by molar-refractivity contribution is 6.07. The van der Waals surface area contributed by atoms with Crippen molar-refractivity contribution in [3.8, 4) is 0 Å². The summed E-state index contributed by atoms with van der Waals surface area (Å²) in [6.45, 7) is 11.1. The monoisotopic (exact) mass is 474 g/mol. The Labute approximate surface area is 198 Å². The minimum Gasteiger partial charge on any atom is -0.385 e. The largest absolute Gasteiger partial charge is 0.385 e. The summed E-state index contributed by atoms with van der Waals surface area (Å²) in [6.07, 6.45) is -9.20. The van der Waals surface area contributed by atoms with Crippen LogP contribution in [0.3, 0.4) is 0 Å². The molecular weight excluding hydrogens is 440 g/mol. The van der Waals surface area contributed by atoms with Crippen LogP contribution >= 0.6 is 0 Å². The van der Waals surface area contributed by atoms with Gasteiger partial charge in [0, 0.05) is 23.0 Å². The smallest absolute Gasteiger partial charge is 0.193 e. The first-order valence-corrected chi connectivity index (χ1v) is 11.8. The van der Waals surface area contributed by atoms with Crippen molar-refractivity contribution in [2.75, 3.05) is 0 Å². The minimum absolute atomic E-state index is 0.0644. The van der Waals surface area contributed by atoms with Gasteiger partial charge in [0.25, 0.3) is 0 Å². The third-order valence-corrected chi connectivity index (χ3v) is 8.10. The zero-order chi connectivity index (χ0) is 25.5. The molecule has 0 heterocycles. The van der Waals surface area contributed by atoms with Gasteiger partial charge in [-0.25, -0.2) is 0 Å². The number of hydrogen-bond acceptors (Lipinski definition) is 8. The molecule has 0 aromatic carbocycles. The second-order valence-electron chi connectivity index (χ2n) is 10.7. The quantitative estimate of drug-likeness (QED) is 0.337. The summed E-state index contributed by atoms with van der Waals surface area (Å²) >= 11 is 0. The van der Waals surface area contributed by atoms with E-state index in [1.807, 2.05) is 27.7 Å². The third-order valence-electron chi connectivity index (χ3n) is 8.10. The van der Waals surface area contributed by atoms with E-state index < -0.39 is 60.0 Å². The molecule has 0 saturated heterocycles. The first-order chi connectivity index (χ1) is 15.7. The number of aliphatic hydroxyl groups excluding tert-OH is 6. The van der Waals surface area contributed by atoms with E-state index in [9.17, 15) is 40.2 Å². The molecule has 0 aromatic rings. The van der Waals surface area contributed by atoms with Crippen molar-refractivity contribution in [1.29, 1.82) is 0 Å². The number of aliphatic hydroxyl groups is 6. The Morgan fingerprint density at radius 2 is 0.824 bits per heavy atom. The second kappa shape index (κ2) is 8.33. The number of rotatable bonds is 3. The lowest BCUT2D eigenvalue weighted by molar-refractivity contribution is -0.126. The predicted octanol–water partition coefficient (Wildman–Crippen LogP) is 0.115. The van der Waals surface area contributed by atoms with E-state index in [1.165, 1.54) is 0 Å². The Kier molecular flexibility index (Phi) is 6.16. The molecule has 34 heavy (non-hydrogen) atoms. The predicted molar refractivity (Wildman–Crippen MR) is 122 cm³/mol. The van der Waals surface area contributed by atoms with Gasteiger partial charge in [0.1, 0.15) is 36.6 Å². The lowest BCUT2D eigenvalue weighted by Gasteiger charge is -2.41. The van der Waals surface area contributed by atoms with E-state index in [-0.39, 0.29) is 34.1 Å². The molecule has 0 saturated carbocycles. The summed E-state index contributed by atoms with van der Waals surface area (Å²) in [5.74, 6) is -2.65.